The molecule has 5 rings (SSSR count). The normalized spacial score (nSPS) is 11.6. The molecule has 1 N–H and O–H groups in total. The van der Waals surface area contributed by atoms with E-state index in [4.69, 9.17) is 16.0 Å². The summed E-state index contributed by atoms with van der Waals surface area (Å²) >= 11 is 5.95. The number of hydrogen-bond acceptors (Lipinski definition) is 6. The van der Waals surface area contributed by atoms with Crippen LogP contribution in [0.5, 0.6) is 0 Å². The maximum Gasteiger partial charge on any atom is 0.263 e. The van der Waals surface area contributed by atoms with Gasteiger partial charge >= 0.3 is 0 Å². The molecule has 3 heterocycles. The number of aromatic nitrogens is 4. The summed E-state index contributed by atoms with van der Waals surface area (Å²) in [6.45, 7) is 0. The van der Waals surface area contributed by atoms with Gasteiger partial charge in [0.1, 0.15) is 5.82 Å². The lowest BCUT2D eigenvalue weighted by Crippen LogP contribution is -2.15. The van der Waals surface area contributed by atoms with E-state index in [0.717, 1.165) is 11.1 Å². The molecule has 2 aromatic carbocycles. The fourth-order valence-corrected chi connectivity index (χ4v) is 4.26. The molecule has 0 bridgehead atoms. The molecule has 0 amide bonds. The van der Waals surface area contributed by atoms with Gasteiger partial charge in [-0.05, 0) is 42.5 Å². The molecule has 31 heavy (non-hydrogen) atoms. The van der Waals surface area contributed by atoms with Crippen molar-refractivity contribution in [3.63, 3.8) is 0 Å². The number of oxazole rings is 1. The van der Waals surface area contributed by atoms with Crippen LogP contribution in [0.1, 0.15) is 0 Å². The number of rotatable bonds is 5. The first-order valence-electron chi connectivity index (χ1n) is 9.12. The van der Waals surface area contributed by atoms with E-state index in [1.54, 1.807) is 42.6 Å². The van der Waals surface area contributed by atoms with E-state index in [9.17, 15) is 8.42 Å². The average Bonchev–Trinajstić information content (AvgIpc) is 3.45. The van der Waals surface area contributed by atoms with E-state index >= 15 is 0 Å². The number of sulfonamides is 1. The molecule has 0 atom stereocenters. The Kier molecular flexibility index (Phi) is 4.68. The maximum atomic E-state index is 12.9. The highest BCUT2D eigenvalue weighted by Crippen LogP contribution is 2.25. The van der Waals surface area contributed by atoms with Gasteiger partial charge in [-0.3, -0.25) is 4.72 Å². The van der Waals surface area contributed by atoms with E-state index in [0.29, 0.717) is 22.1 Å². The van der Waals surface area contributed by atoms with E-state index < -0.39 is 10.0 Å². The number of nitrogens with zero attached hydrogens (tertiary/aromatic N) is 4. The first-order chi connectivity index (χ1) is 15.0. The van der Waals surface area contributed by atoms with Crippen LogP contribution in [-0.2, 0) is 10.0 Å². The summed E-state index contributed by atoms with van der Waals surface area (Å²) in [5.41, 5.74) is 2.71. The lowest BCUT2D eigenvalue weighted by Gasteiger charge is -2.09. The lowest BCUT2D eigenvalue weighted by molar-refractivity contribution is 0.572. The van der Waals surface area contributed by atoms with Crippen LogP contribution in [0.3, 0.4) is 0 Å². The Hall–Kier alpha value is -3.69. The third-order valence-electron chi connectivity index (χ3n) is 4.62. The van der Waals surface area contributed by atoms with Crippen molar-refractivity contribution in [3.05, 3.63) is 84.5 Å². The first kappa shape index (κ1) is 19.3. The molecule has 0 fully saturated rings. The molecule has 0 radical (unpaired) electrons. The largest absolute Gasteiger partial charge is 0.444 e. The Balaban J connectivity index is 1.47. The van der Waals surface area contributed by atoms with E-state index in [1.165, 1.54) is 29.2 Å². The number of halogens is 1. The monoisotopic (exact) mass is 451 g/mol. The summed E-state index contributed by atoms with van der Waals surface area (Å²) < 4.78 is 35.1. The van der Waals surface area contributed by atoms with Crippen LogP contribution in [-0.4, -0.2) is 28.0 Å². The van der Waals surface area contributed by atoms with E-state index in [-0.39, 0.29) is 10.7 Å². The zero-order valence-corrected chi connectivity index (χ0v) is 17.4. The third kappa shape index (κ3) is 3.76. The minimum absolute atomic E-state index is 0.103. The smallest absolute Gasteiger partial charge is 0.263 e. The number of nitrogens with one attached hydrogen (secondary N) is 1. The predicted molar refractivity (Wildman–Crippen MR) is 116 cm³/mol. The highest BCUT2D eigenvalue weighted by molar-refractivity contribution is 7.92. The van der Waals surface area contributed by atoms with Gasteiger partial charge in [0, 0.05) is 28.4 Å². The van der Waals surface area contributed by atoms with Gasteiger partial charge in [0.25, 0.3) is 10.0 Å². The summed E-state index contributed by atoms with van der Waals surface area (Å²) in [5.74, 6) is 0.823. The van der Waals surface area contributed by atoms with Crippen molar-refractivity contribution < 1.29 is 12.8 Å². The molecule has 10 heteroatoms. The molecule has 5 aromatic rings. The van der Waals surface area contributed by atoms with E-state index in [2.05, 4.69) is 19.8 Å². The van der Waals surface area contributed by atoms with Gasteiger partial charge < -0.3 is 4.42 Å². The fourth-order valence-electron chi connectivity index (χ4n) is 3.09. The van der Waals surface area contributed by atoms with Crippen molar-refractivity contribution in [1.82, 2.24) is 19.6 Å². The molecule has 0 saturated carbocycles. The van der Waals surface area contributed by atoms with Crippen LogP contribution in [0.25, 0.3) is 28.2 Å². The molecule has 0 unspecified atom stereocenters. The van der Waals surface area contributed by atoms with Crippen LogP contribution in [0.2, 0.25) is 5.02 Å². The first-order valence-corrected chi connectivity index (χ1v) is 11.0. The Morgan fingerprint density at radius 2 is 1.71 bits per heavy atom. The Bertz CT molecular complexity index is 1460. The van der Waals surface area contributed by atoms with Crippen molar-refractivity contribution in [2.45, 2.75) is 4.90 Å². The minimum atomic E-state index is -3.85. The van der Waals surface area contributed by atoms with Gasteiger partial charge in [-0.1, -0.05) is 23.7 Å². The summed E-state index contributed by atoms with van der Waals surface area (Å²) in [4.78, 5) is 8.24. The second-order valence-electron chi connectivity index (χ2n) is 6.63. The van der Waals surface area contributed by atoms with Crippen molar-refractivity contribution >= 4 is 33.1 Å². The molecule has 3 aromatic heterocycles. The van der Waals surface area contributed by atoms with Crippen molar-refractivity contribution in [2.24, 2.45) is 0 Å². The lowest BCUT2D eigenvalue weighted by atomic mass is 10.2. The summed E-state index contributed by atoms with van der Waals surface area (Å²) in [6.07, 6.45) is 4.40. The molecule has 8 nitrogen and oxygen atoms in total. The second kappa shape index (κ2) is 7.53. The van der Waals surface area contributed by atoms with Gasteiger partial charge in [-0.25, -0.2) is 18.4 Å². The second-order valence-corrected chi connectivity index (χ2v) is 8.75. The minimum Gasteiger partial charge on any atom is -0.444 e. The zero-order chi connectivity index (χ0) is 21.4. The third-order valence-corrected chi connectivity index (χ3v) is 6.24. The number of benzene rings is 2. The summed E-state index contributed by atoms with van der Waals surface area (Å²) in [7, 11) is -3.85. The maximum absolute atomic E-state index is 12.9. The molecular formula is C21H14ClN5O3S. The van der Waals surface area contributed by atoms with Crippen molar-refractivity contribution in [1.29, 1.82) is 0 Å². The topological polar surface area (TPSA) is 102 Å². The zero-order valence-electron chi connectivity index (χ0n) is 15.8. The van der Waals surface area contributed by atoms with Crippen LogP contribution in [0.15, 0.2) is 88.8 Å². The molecule has 0 aliphatic heterocycles. The quantitative estimate of drug-likeness (QED) is 0.422. The Morgan fingerprint density at radius 3 is 2.42 bits per heavy atom. The highest BCUT2D eigenvalue weighted by Gasteiger charge is 2.17. The van der Waals surface area contributed by atoms with Gasteiger partial charge in [0.15, 0.2) is 17.8 Å². The van der Waals surface area contributed by atoms with Gasteiger partial charge in [0.2, 0.25) is 0 Å². The molecular weight excluding hydrogens is 438 g/mol. The number of anilines is 1. The van der Waals surface area contributed by atoms with Gasteiger partial charge in [0.05, 0.1) is 16.8 Å². The Morgan fingerprint density at radius 1 is 0.968 bits per heavy atom. The number of fused-ring (bicyclic) bond motifs is 1. The van der Waals surface area contributed by atoms with Crippen LogP contribution in [0.4, 0.5) is 5.82 Å². The van der Waals surface area contributed by atoms with Crippen LogP contribution < -0.4 is 4.72 Å². The SMILES string of the molecule is O=S(=O)(Nc1ccnc2cc(-c3ccc(Cl)cc3)nn12)c1ccc(-c2cnco2)cc1. The van der Waals surface area contributed by atoms with Crippen LogP contribution in [0, 0.1) is 0 Å². The summed E-state index contributed by atoms with van der Waals surface area (Å²) in [5, 5.41) is 5.12. The highest BCUT2D eigenvalue weighted by atomic mass is 35.5. The molecule has 0 spiro atoms. The van der Waals surface area contributed by atoms with E-state index in [1.807, 2.05) is 12.1 Å². The molecule has 0 aliphatic rings. The fraction of sp³-hybridized carbons (Fsp3) is 0. The summed E-state index contributed by atoms with van der Waals surface area (Å²) in [6, 6.07) is 16.8. The standard InChI is InChI=1S/C21H14ClN5O3S/c22-16-5-1-14(2-6-16)18-11-21-24-10-9-20(27(21)25-18)26-31(28,29)17-7-3-15(4-8-17)19-12-23-13-30-19/h1-13,26H. The molecule has 0 aliphatic carbocycles. The number of hydrogen-bond donors (Lipinski definition) is 1. The Labute approximate surface area is 182 Å². The molecule has 0 saturated heterocycles. The molecule has 154 valence electrons. The average molecular weight is 452 g/mol. The van der Waals surface area contributed by atoms with Gasteiger partial charge in [-0.15, -0.1) is 0 Å². The predicted octanol–water partition coefficient (Wildman–Crippen LogP) is 4.51. The van der Waals surface area contributed by atoms with Crippen molar-refractivity contribution in [2.75, 3.05) is 4.72 Å². The van der Waals surface area contributed by atoms with Gasteiger partial charge in [-0.2, -0.15) is 9.61 Å². The van der Waals surface area contributed by atoms with Crippen LogP contribution >= 0.6 is 11.6 Å². The van der Waals surface area contributed by atoms with Crippen molar-refractivity contribution in [3.8, 4) is 22.6 Å².